The van der Waals surface area contributed by atoms with Gasteiger partial charge in [-0.25, -0.2) is 0 Å². The highest BCUT2D eigenvalue weighted by atomic mass is 16.3. The molecule has 1 rings (SSSR count). The molecule has 3 N–H and O–H groups in total. The zero-order chi connectivity index (χ0) is 23.6. The highest BCUT2D eigenvalue weighted by Crippen LogP contribution is 2.18. The quantitative estimate of drug-likeness (QED) is 0.298. The van der Waals surface area contributed by atoms with E-state index >= 15 is 0 Å². The number of para-hydroxylation sites is 1. The molecular formula is C25H38N2O5. The molecule has 0 saturated carbocycles. The van der Waals surface area contributed by atoms with E-state index in [-0.39, 0.29) is 23.4 Å². The maximum atomic E-state index is 12.4. The van der Waals surface area contributed by atoms with Gasteiger partial charge in [0.05, 0.1) is 0 Å². The van der Waals surface area contributed by atoms with Gasteiger partial charge in [-0.1, -0.05) is 43.9 Å². The number of nitrogens with one attached hydrogen (secondary N) is 2. The van der Waals surface area contributed by atoms with Crippen LogP contribution >= 0.6 is 0 Å². The molecule has 0 unspecified atom stereocenters. The summed E-state index contributed by atoms with van der Waals surface area (Å²) in [6.45, 7) is -0.399. The average molecular weight is 447 g/mol. The summed E-state index contributed by atoms with van der Waals surface area (Å²) >= 11 is 0. The van der Waals surface area contributed by atoms with E-state index in [1.807, 2.05) is 24.3 Å². The largest absolute Gasteiger partial charge is 0.389 e. The Hall–Kier alpha value is -2.54. The summed E-state index contributed by atoms with van der Waals surface area (Å²) in [7, 11) is 1.63. The van der Waals surface area contributed by atoms with Crippen molar-refractivity contribution < 1.29 is 24.3 Å². The second-order valence-corrected chi connectivity index (χ2v) is 8.12. The second-order valence-electron chi connectivity index (χ2n) is 8.12. The lowest BCUT2D eigenvalue weighted by Gasteiger charge is -2.11. The van der Waals surface area contributed by atoms with Crippen molar-refractivity contribution in [3.05, 3.63) is 29.8 Å². The summed E-state index contributed by atoms with van der Waals surface area (Å²) in [6.07, 6.45) is 8.81. The molecule has 0 aliphatic carbocycles. The molecule has 7 nitrogen and oxygen atoms in total. The number of carbonyl (C=O) groups is 4. The van der Waals surface area contributed by atoms with Crippen LogP contribution in [0.25, 0.3) is 0 Å². The number of Topliss-reactive ketones (excluding diaryl/α,β-unsaturated/α-hetero) is 2. The summed E-state index contributed by atoms with van der Waals surface area (Å²) in [5.41, 5.74) is 1.51. The van der Waals surface area contributed by atoms with E-state index in [2.05, 4.69) is 10.6 Å². The Morgan fingerprint density at radius 3 is 1.84 bits per heavy atom. The highest BCUT2D eigenvalue weighted by molar-refractivity contribution is 5.92. The Morgan fingerprint density at radius 2 is 1.25 bits per heavy atom. The predicted octanol–water partition coefficient (Wildman–Crippen LogP) is 3.73. The van der Waals surface area contributed by atoms with Gasteiger partial charge in [-0.15, -0.1) is 0 Å². The number of hydrogen-bond acceptors (Lipinski definition) is 5. The first-order valence-electron chi connectivity index (χ1n) is 11.7. The Labute approximate surface area is 191 Å². The maximum Gasteiger partial charge on any atom is 0.224 e. The lowest BCUT2D eigenvalue weighted by atomic mass is 10.0. The lowest BCUT2D eigenvalue weighted by molar-refractivity contribution is -0.122. The van der Waals surface area contributed by atoms with Gasteiger partial charge in [0.25, 0.3) is 0 Å². The number of aliphatic hydroxyl groups excluding tert-OH is 1. The number of hydrogen-bond donors (Lipinski definition) is 3. The lowest BCUT2D eigenvalue weighted by Crippen LogP contribution is -2.16. The number of aliphatic hydroxyl groups is 1. The zero-order valence-electron chi connectivity index (χ0n) is 19.3. The molecular weight excluding hydrogens is 408 g/mol. The van der Waals surface area contributed by atoms with Crippen LogP contribution in [-0.4, -0.2) is 42.1 Å². The van der Waals surface area contributed by atoms with Crippen molar-refractivity contribution in [1.29, 1.82) is 0 Å². The Morgan fingerprint density at radius 1 is 0.719 bits per heavy atom. The van der Waals surface area contributed by atoms with E-state index in [1.165, 1.54) is 0 Å². The van der Waals surface area contributed by atoms with E-state index < -0.39 is 6.61 Å². The third-order valence-electron chi connectivity index (χ3n) is 5.35. The fraction of sp³-hybridized carbons (Fsp3) is 0.600. The van der Waals surface area contributed by atoms with Crippen LogP contribution < -0.4 is 10.6 Å². The number of anilines is 1. The van der Waals surface area contributed by atoms with E-state index in [4.69, 9.17) is 5.11 Å². The van der Waals surface area contributed by atoms with Crippen LogP contribution in [0.3, 0.4) is 0 Å². The van der Waals surface area contributed by atoms with Gasteiger partial charge >= 0.3 is 0 Å². The molecule has 0 atom stereocenters. The van der Waals surface area contributed by atoms with E-state index in [0.717, 1.165) is 56.9 Å². The maximum absolute atomic E-state index is 12.4. The van der Waals surface area contributed by atoms with E-state index in [1.54, 1.807) is 7.05 Å². The van der Waals surface area contributed by atoms with Crippen molar-refractivity contribution in [3.63, 3.8) is 0 Å². The van der Waals surface area contributed by atoms with Gasteiger partial charge in [-0.3, -0.25) is 19.2 Å². The van der Waals surface area contributed by atoms with Gasteiger partial charge in [0.1, 0.15) is 12.4 Å². The molecule has 178 valence electrons. The summed E-state index contributed by atoms with van der Waals surface area (Å²) in [6, 6.07) is 7.40. The van der Waals surface area contributed by atoms with Crippen LogP contribution in [0.1, 0.15) is 82.6 Å². The van der Waals surface area contributed by atoms with Crippen LogP contribution in [0, 0.1) is 0 Å². The minimum absolute atomic E-state index is 0.0502. The minimum atomic E-state index is -0.399. The standard InChI is InChI=1S/C25H38N2O5/c1-26-24(31)16-8-4-2-6-13-21(29)18-20-12-10-11-15-23(20)27-25(32)17-9-5-3-7-14-22(30)19-28/h10-12,15,28H,2-9,13-14,16-19H2,1H3,(H,26,31)(H,27,32). The summed E-state index contributed by atoms with van der Waals surface area (Å²) in [5, 5.41) is 14.2. The zero-order valence-corrected chi connectivity index (χ0v) is 19.3. The average Bonchev–Trinajstić information content (AvgIpc) is 2.79. The molecule has 0 saturated heterocycles. The van der Waals surface area contributed by atoms with Crippen molar-refractivity contribution in [3.8, 4) is 0 Å². The molecule has 0 aliphatic rings. The first-order valence-corrected chi connectivity index (χ1v) is 11.7. The molecule has 1 aromatic rings. The van der Waals surface area contributed by atoms with Gasteiger partial charge in [0, 0.05) is 44.8 Å². The van der Waals surface area contributed by atoms with Crippen molar-refractivity contribution in [2.45, 2.75) is 83.5 Å². The Balaban J connectivity index is 2.29. The summed E-state index contributed by atoms with van der Waals surface area (Å²) in [5.74, 6) is -0.0212. The van der Waals surface area contributed by atoms with Gasteiger partial charge in [-0.2, -0.15) is 0 Å². The minimum Gasteiger partial charge on any atom is -0.389 e. The Bertz CT molecular complexity index is 672. The van der Waals surface area contributed by atoms with Crippen LogP contribution in [0.15, 0.2) is 24.3 Å². The van der Waals surface area contributed by atoms with Crippen LogP contribution in [0.2, 0.25) is 0 Å². The Kier molecular flexibility index (Phi) is 14.7. The molecule has 0 bridgehead atoms. The number of benzene rings is 1. The normalized spacial score (nSPS) is 10.6. The van der Waals surface area contributed by atoms with Crippen LogP contribution in [-0.2, 0) is 25.6 Å². The molecule has 1 aromatic carbocycles. The third kappa shape index (κ3) is 13.0. The molecule has 32 heavy (non-hydrogen) atoms. The van der Waals surface area contributed by atoms with Gasteiger partial charge in [0.2, 0.25) is 11.8 Å². The second kappa shape index (κ2) is 17.1. The molecule has 2 amide bonds. The summed E-state index contributed by atoms with van der Waals surface area (Å²) < 4.78 is 0. The smallest absolute Gasteiger partial charge is 0.224 e. The molecule has 0 aliphatic heterocycles. The molecule has 7 heteroatoms. The van der Waals surface area contributed by atoms with Crippen molar-refractivity contribution in [2.75, 3.05) is 19.0 Å². The topological polar surface area (TPSA) is 113 Å². The number of amides is 2. The van der Waals surface area contributed by atoms with Crippen molar-refractivity contribution >= 4 is 29.1 Å². The fourth-order valence-corrected chi connectivity index (χ4v) is 3.44. The fourth-order valence-electron chi connectivity index (χ4n) is 3.44. The van der Waals surface area contributed by atoms with Crippen molar-refractivity contribution in [2.24, 2.45) is 0 Å². The number of carbonyl (C=O) groups excluding carboxylic acids is 4. The SMILES string of the molecule is CNC(=O)CCCCCCC(=O)Cc1ccccc1NC(=O)CCCCCCC(=O)CO. The van der Waals surface area contributed by atoms with Gasteiger partial charge in [0.15, 0.2) is 5.78 Å². The molecule has 0 fully saturated rings. The van der Waals surface area contributed by atoms with Crippen LogP contribution in [0.4, 0.5) is 5.69 Å². The highest BCUT2D eigenvalue weighted by Gasteiger charge is 2.10. The summed E-state index contributed by atoms with van der Waals surface area (Å²) in [4.78, 5) is 46.9. The number of ketones is 2. The van der Waals surface area contributed by atoms with E-state index in [9.17, 15) is 19.2 Å². The molecule has 0 heterocycles. The molecule has 0 radical (unpaired) electrons. The van der Waals surface area contributed by atoms with Crippen LogP contribution in [0.5, 0.6) is 0 Å². The van der Waals surface area contributed by atoms with Gasteiger partial charge in [-0.05, 0) is 37.3 Å². The van der Waals surface area contributed by atoms with Gasteiger partial charge < -0.3 is 15.7 Å². The third-order valence-corrected chi connectivity index (χ3v) is 5.35. The predicted molar refractivity (Wildman–Crippen MR) is 125 cm³/mol. The van der Waals surface area contributed by atoms with Crippen molar-refractivity contribution in [1.82, 2.24) is 5.32 Å². The monoisotopic (exact) mass is 446 g/mol. The number of unbranched alkanes of at least 4 members (excludes halogenated alkanes) is 6. The molecule has 0 aromatic heterocycles. The van der Waals surface area contributed by atoms with E-state index in [0.29, 0.717) is 37.8 Å². The first-order chi connectivity index (χ1) is 15.5. The molecule has 0 spiro atoms. The first kappa shape index (κ1) is 27.5. The number of rotatable bonds is 18.